The van der Waals surface area contributed by atoms with Gasteiger partial charge in [0.2, 0.25) is 0 Å². The number of benzene rings is 4. The van der Waals surface area contributed by atoms with Crippen LogP contribution in [0.3, 0.4) is 0 Å². The maximum Gasteiger partial charge on any atom is 0.416 e. The highest BCUT2D eigenvalue weighted by atomic mass is 32.2. The van der Waals surface area contributed by atoms with E-state index in [4.69, 9.17) is 0 Å². The second kappa shape index (κ2) is 13.4. The van der Waals surface area contributed by atoms with Crippen LogP contribution >= 0.6 is 11.8 Å². The van der Waals surface area contributed by atoms with Crippen LogP contribution in [0.4, 0.5) is 30.7 Å². The third-order valence-corrected chi connectivity index (χ3v) is 7.98. The average molecular weight is 659 g/mol. The summed E-state index contributed by atoms with van der Waals surface area (Å²) in [5.74, 6) is -0.964. The number of carbonyl (C=O) groups excluding carboxylic acids is 1. The molecule has 5 aromatic rings. The Morgan fingerprint density at radius 3 is 2.00 bits per heavy atom. The molecule has 1 heterocycles. The van der Waals surface area contributed by atoms with Gasteiger partial charge in [-0.1, -0.05) is 71.9 Å². The molecule has 13 heteroatoms. The number of rotatable bonds is 9. The number of hydrogen-bond acceptors (Lipinski definition) is 4. The fraction of sp³-hybridized carbons (Fsp3) is 0.182. The van der Waals surface area contributed by atoms with E-state index >= 15 is 0 Å². The third-order valence-electron chi connectivity index (χ3n) is 6.98. The van der Waals surface area contributed by atoms with Crippen molar-refractivity contribution in [1.29, 1.82) is 0 Å². The highest BCUT2D eigenvalue weighted by molar-refractivity contribution is 7.98. The minimum atomic E-state index is -5.12. The summed E-state index contributed by atoms with van der Waals surface area (Å²) in [5.41, 5.74) is -0.940. The third kappa shape index (κ3) is 7.94. The highest BCUT2D eigenvalue weighted by Crippen LogP contribution is 2.37. The van der Waals surface area contributed by atoms with E-state index < -0.39 is 41.0 Å². The lowest BCUT2D eigenvalue weighted by Crippen LogP contribution is -2.32. The molecule has 0 saturated heterocycles. The van der Waals surface area contributed by atoms with Gasteiger partial charge in [0.25, 0.3) is 5.91 Å². The van der Waals surface area contributed by atoms with E-state index in [1.807, 2.05) is 19.1 Å². The first-order valence-electron chi connectivity index (χ1n) is 13.8. The summed E-state index contributed by atoms with van der Waals surface area (Å²) in [7, 11) is 0. The summed E-state index contributed by atoms with van der Waals surface area (Å²) >= 11 is 1.28. The van der Waals surface area contributed by atoms with Gasteiger partial charge in [0, 0.05) is 17.0 Å². The normalized spacial score (nSPS) is 12.6. The van der Waals surface area contributed by atoms with Crippen molar-refractivity contribution in [3.63, 3.8) is 0 Å². The summed E-state index contributed by atoms with van der Waals surface area (Å²) in [6.07, 6.45) is -10.2. The van der Waals surface area contributed by atoms with Crippen LogP contribution in [0.1, 0.15) is 50.0 Å². The topological polar surface area (TPSA) is 59.8 Å². The van der Waals surface area contributed by atoms with Crippen molar-refractivity contribution in [3.05, 3.63) is 142 Å². The number of carbonyl (C=O) groups is 1. The van der Waals surface area contributed by atoms with Gasteiger partial charge in [0.1, 0.15) is 5.82 Å². The van der Waals surface area contributed by atoms with Gasteiger partial charge >= 0.3 is 12.4 Å². The molecule has 0 bridgehead atoms. The molecule has 1 amide bonds. The Labute approximate surface area is 263 Å². The largest absolute Gasteiger partial charge is 0.416 e. The zero-order valence-electron chi connectivity index (χ0n) is 24.0. The van der Waals surface area contributed by atoms with Gasteiger partial charge in [0.05, 0.1) is 17.2 Å². The molecular formula is C33H25F7N4OS. The van der Waals surface area contributed by atoms with Gasteiger partial charge in [-0.3, -0.25) is 9.36 Å². The SMILES string of the molecule is Cc1ccc(-n2c(SCc3ccc(F)cc3)nnc2C(Cc2ccccc2)NC(=O)c2cc(C(F)(F)F)cc(C(F)(F)F)c2)cc1. The van der Waals surface area contributed by atoms with E-state index in [-0.39, 0.29) is 24.1 Å². The van der Waals surface area contributed by atoms with Gasteiger partial charge in [-0.15, -0.1) is 10.2 Å². The molecule has 1 aromatic heterocycles. The maximum atomic E-state index is 13.6. The second-order valence-corrected chi connectivity index (χ2v) is 11.4. The van der Waals surface area contributed by atoms with Crippen LogP contribution < -0.4 is 5.32 Å². The number of nitrogens with zero attached hydrogens (tertiary/aromatic N) is 3. The van der Waals surface area contributed by atoms with E-state index in [1.165, 1.54) is 23.9 Å². The van der Waals surface area contributed by atoms with Crippen LogP contribution in [0, 0.1) is 12.7 Å². The molecule has 0 aliphatic carbocycles. The number of thioether (sulfide) groups is 1. The van der Waals surface area contributed by atoms with E-state index in [9.17, 15) is 35.5 Å². The summed E-state index contributed by atoms with van der Waals surface area (Å²) in [6.45, 7) is 1.89. The molecular weight excluding hydrogens is 633 g/mol. The molecule has 1 N–H and O–H groups in total. The van der Waals surface area contributed by atoms with Gasteiger partial charge in [-0.05, 0) is 66.9 Å². The lowest BCUT2D eigenvalue weighted by molar-refractivity contribution is -0.143. The van der Waals surface area contributed by atoms with Gasteiger partial charge in [-0.25, -0.2) is 4.39 Å². The van der Waals surface area contributed by atoms with Crippen LogP contribution in [-0.4, -0.2) is 20.7 Å². The average Bonchev–Trinajstić information content (AvgIpc) is 3.44. The zero-order chi connectivity index (χ0) is 33.1. The van der Waals surface area contributed by atoms with E-state index in [2.05, 4.69) is 15.5 Å². The zero-order valence-corrected chi connectivity index (χ0v) is 24.8. The number of hydrogen-bond donors (Lipinski definition) is 1. The molecule has 5 rings (SSSR count). The van der Waals surface area contributed by atoms with Crippen molar-refractivity contribution in [3.8, 4) is 5.69 Å². The summed E-state index contributed by atoms with van der Waals surface area (Å²) in [4.78, 5) is 13.5. The summed E-state index contributed by atoms with van der Waals surface area (Å²) in [5, 5.41) is 11.7. The minimum absolute atomic E-state index is 0.0309. The number of aromatic nitrogens is 3. The minimum Gasteiger partial charge on any atom is -0.342 e. The maximum absolute atomic E-state index is 13.6. The van der Waals surface area contributed by atoms with E-state index in [1.54, 1.807) is 59.2 Å². The molecule has 46 heavy (non-hydrogen) atoms. The smallest absolute Gasteiger partial charge is 0.342 e. The van der Waals surface area contributed by atoms with E-state index in [0.717, 1.165) is 11.1 Å². The molecule has 0 saturated carbocycles. The van der Waals surface area contributed by atoms with Gasteiger partial charge in [0.15, 0.2) is 11.0 Å². The Bertz CT molecular complexity index is 1770. The fourth-order valence-corrected chi connectivity index (χ4v) is 5.56. The lowest BCUT2D eigenvalue weighted by Gasteiger charge is -2.21. The van der Waals surface area contributed by atoms with E-state index in [0.29, 0.717) is 34.3 Å². The van der Waals surface area contributed by atoms with Crippen LogP contribution in [0.15, 0.2) is 102 Å². The molecule has 0 radical (unpaired) electrons. The predicted molar refractivity (Wildman–Crippen MR) is 159 cm³/mol. The summed E-state index contributed by atoms with van der Waals surface area (Å²) in [6, 6.07) is 21.7. The molecule has 0 fully saturated rings. The van der Waals surface area contributed by atoms with Crippen LogP contribution in [0.5, 0.6) is 0 Å². The van der Waals surface area contributed by atoms with Gasteiger partial charge in [-0.2, -0.15) is 26.3 Å². The lowest BCUT2D eigenvalue weighted by atomic mass is 10.0. The Morgan fingerprint density at radius 1 is 0.804 bits per heavy atom. The first-order valence-corrected chi connectivity index (χ1v) is 14.8. The van der Waals surface area contributed by atoms with Crippen LogP contribution in [-0.2, 0) is 24.5 Å². The van der Waals surface area contributed by atoms with Crippen molar-refractivity contribution in [2.45, 2.75) is 42.6 Å². The molecule has 4 aromatic carbocycles. The molecule has 1 unspecified atom stereocenters. The van der Waals surface area contributed by atoms with Crippen molar-refractivity contribution in [2.24, 2.45) is 0 Å². The van der Waals surface area contributed by atoms with Crippen molar-refractivity contribution in [1.82, 2.24) is 20.1 Å². The predicted octanol–water partition coefficient (Wildman–Crippen LogP) is 8.76. The standard InChI is InChI=1S/C33H25F7N4OS/c1-20-7-13-27(14-8-20)44-29(42-43-31(44)46-19-22-9-11-26(34)12-10-22)28(15-21-5-3-2-4-6-21)41-30(45)23-16-24(32(35,36)37)18-25(17-23)33(38,39)40/h2-14,16-18,28H,15,19H2,1H3,(H,41,45). The van der Waals surface area contributed by atoms with Crippen molar-refractivity contribution in [2.75, 3.05) is 0 Å². The first kappa shape index (κ1) is 32.7. The van der Waals surface area contributed by atoms with Crippen LogP contribution in [0.2, 0.25) is 0 Å². The highest BCUT2D eigenvalue weighted by Gasteiger charge is 2.38. The van der Waals surface area contributed by atoms with Crippen LogP contribution in [0.25, 0.3) is 5.69 Å². The Hall–Kier alpha value is -4.65. The Balaban J connectivity index is 1.57. The molecule has 0 spiro atoms. The van der Waals surface area contributed by atoms with Crippen molar-refractivity contribution >= 4 is 17.7 Å². The Kier molecular flexibility index (Phi) is 9.52. The quantitative estimate of drug-likeness (QED) is 0.127. The Morgan fingerprint density at radius 2 is 1.41 bits per heavy atom. The fourth-order valence-electron chi connectivity index (χ4n) is 4.65. The number of aryl methyl sites for hydroxylation is 1. The summed E-state index contributed by atoms with van der Waals surface area (Å²) < 4.78 is 96.5. The number of nitrogens with one attached hydrogen (secondary N) is 1. The molecule has 238 valence electrons. The first-order chi connectivity index (χ1) is 21.8. The number of halogens is 7. The molecule has 5 nitrogen and oxygen atoms in total. The second-order valence-electron chi connectivity index (χ2n) is 10.4. The monoisotopic (exact) mass is 658 g/mol. The molecule has 1 atom stereocenters. The molecule has 0 aliphatic heterocycles. The molecule has 0 aliphatic rings. The van der Waals surface area contributed by atoms with Crippen molar-refractivity contribution < 1.29 is 35.5 Å². The number of amides is 1. The number of alkyl halides is 6. The van der Waals surface area contributed by atoms with Gasteiger partial charge < -0.3 is 5.32 Å².